The fourth-order valence-electron chi connectivity index (χ4n) is 11.3. The van der Waals surface area contributed by atoms with Gasteiger partial charge in [-0.15, -0.1) is 0 Å². The summed E-state index contributed by atoms with van der Waals surface area (Å²) in [5.41, 5.74) is 17.3. The van der Waals surface area contributed by atoms with Crippen molar-refractivity contribution in [1.29, 1.82) is 0 Å². The van der Waals surface area contributed by atoms with Gasteiger partial charge in [0, 0.05) is 45.0 Å². The Morgan fingerprint density at radius 1 is 0.397 bits per heavy atom. The SMILES string of the molecule is c1ccc(-c2ccc(N(c3ccc4c(c3)oc3ccccc34)c3cccc4c3C35c6c(cccc6N(c6ccccc6)c6ccccc6)CC3CCC5C4)cc2)cc1. The van der Waals surface area contributed by atoms with E-state index in [2.05, 4.69) is 204 Å². The molecule has 8 aromatic carbocycles. The molecule has 3 aliphatic rings. The Hall–Kier alpha value is -6.84. The molecule has 0 bridgehead atoms. The van der Waals surface area contributed by atoms with Crippen LogP contribution in [0.2, 0.25) is 0 Å². The Labute approximate surface area is 339 Å². The van der Waals surface area contributed by atoms with E-state index in [1.807, 2.05) is 0 Å². The number of fused-ring (bicyclic) bond motifs is 5. The summed E-state index contributed by atoms with van der Waals surface area (Å²) in [5, 5.41) is 2.29. The number of anilines is 6. The van der Waals surface area contributed by atoms with Gasteiger partial charge in [0.1, 0.15) is 11.2 Å². The topological polar surface area (TPSA) is 19.6 Å². The lowest BCUT2D eigenvalue weighted by Gasteiger charge is -2.40. The van der Waals surface area contributed by atoms with Crippen LogP contribution in [0.3, 0.4) is 0 Å². The predicted octanol–water partition coefficient (Wildman–Crippen LogP) is 14.6. The number of hydrogen-bond acceptors (Lipinski definition) is 3. The van der Waals surface area contributed by atoms with E-state index in [4.69, 9.17) is 4.42 Å². The van der Waals surface area contributed by atoms with Gasteiger partial charge in [0.15, 0.2) is 0 Å². The number of benzene rings is 8. The molecule has 0 saturated heterocycles. The highest BCUT2D eigenvalue weighted by atomic mass is 16.3. The van der Waals surface area contributed by atoms with E-state index in [0.717, 1.165) is 46.2 Å². The van der Waals surface area contributed by atoms with E-state index < -0.39 is 0 Å². The van der Waals surface area contributed by atoms with Crippen molar-refractivity contribution in [3.05, 3.63) is 216 Å². The van der Waals surface area contributed by atoms with E-state index >= 15 is 0 Å². The standard InChI is InChI=1S/C55H42N2O/c1-4-14-37(15-5-1)38-26-30-45(31-27-38)57(46-32-33-48-47-22-10-11-25-51(47)58-52(48)36-46)50-24-13-17-40-35-42-29-28-41-34-39-16-12-23-49(53(39)55(41,42)54(40)50)56(43-18-6-2-7-19-43)44-20-8-3-9-21-44/h1-27,30-33,36,41-42H,28-29,34-35H2. The third kappa shape index (κ3) is 4.92. The summed E-state index contributed by atoms with van der Waals surface area (Å²) < 4.78 is 6.56. The van der Waals surface area contributed by atoms with Crippen LogP contribution in [0, 0.1) is 11.8 Å². The average molecular weight is 747 g/mol. The van der Waals surface area contributed by atoms with E-state index in [9.17, 15) is 0 Å². The summed E-state index contributed by atoms with van der Waals surface area (Å²) in [7, 11) is 0. The summed E-state index contributed by atoms with van der Waals surface area (Å²) in [5.74, 6) is 1.04. The molecule has 0 N–H and O–H groups in total. The maximum atomic E-state index is 6.56. The van der Waals surface area contributed by atoms with Crippen molar-refractivity contribution in [2.75, 3.05) is 9.80 Å². The van der Waals surface area contributed by atoms with E-state index in [-0.39, 0.29) is 5.41 Å². The second-order valence-corrected chi connectivity index (χ2v) is 16.4. The minimum Gasteiger partial charge on any atom is -0.456 e. The first kappa shape index (κ1) is 33.3. The highest BCUT2D eigenvalue weighted by molar-refractivity contribution is 6.06. The Bertz CT molecular complexity index is 2920. The molecule has 3 unspecified atom stereocenters. The van der Waals surface area contributed by atoms with Crippen LogP contribution < -0.4 is 9.80 Å². The van der Waals surface area contributed by atoms with Crippen LogP contribution in [-0.4, -0.2) is 0 Å². The van der Waals surface area contributed by atoms with Crippen LogP contribution in [0.1, 0.15) is 35.1 Å². The van der Waals surface area contributed by atoms with Crippen LogP contribution in [0.15, 0.2) is 199 Å². The quantitative estimate of drug-likeness (QED) is 0.162. The van der Waals surface area contributed by atoms with Crippen molar-refractivity contribution < 1.29 is 4.42 Å². The lowest BCUT2D eigenvalue weighted by atomic mass is 9.68. The summed E-state index contributed by atoms with van der Waals surface area (Å²) in [4.78, 5) is 5.04. The molecule has 0 radical (unpaired) electrons. The molecular weight excluding hydrogens is 705 g/mol. The van der Waals surface area contributed by atoms with Crippen LogP contribution >= 0.6 is 0 Å². The lowest BCUT2D eigenvalue weighted by molar-refractivity contribution is 0.350. The van der Waals surface area contributed by atoms with Gasteiger partial charge in [0.2, 0.25) is 0 Å². The highest BCUT2D eigenvalue weighted by Gasteiger charge is 2.62. The fraction of sp³-hybridized carbons (Fsp3) is 0.127. The van der Waals surface area contributed by atoms with E-state index in [0.29, 0.717) is 11.8 Å². The van der Waals surface area contributed by atoms with Gasteiger partial charge in [-0.05, 0) is 138 Å². The zero-order valence-electron chi connectivity index (χ0n) is 32.3. The molecule has 278 valence electrons. The molecule has 12 rings (SSSR count). The first-order valence-corrected chi connectivity index (χ1v) is 20.8. The smallest absolute Gasteiger partial charge is 0.137 e. The first-order chi connectivity index (χ1) is 28.8. The van der Waals surface area contributed by atoms with Crippen molar-refractivity contribution in [1.82, 2.24) is 0 Å². The molecular formula is C55H42N2O. The molecule has 3 heteroatoms. The minimum absolute atomic E-state index is 0.134. The number of rotatable bonds is 7. The molecule has 0 aliphatic heterocycles. The zero-order chi connectivity index (χ0) is 38.2. The van der Waals surface area contributed by atoms with Crippen LogP contribution in [0.4, 0.5) is 34.1 Å². The molecule has 0 amide bonds. The van der Waals surface area contributed by atoms with Crippen molar-refractivity contribution in [2.45, 2.75) is 31.1 Å². The van der Waals surface area contributed by atoms with Gasteiger partial charge < -0.3 is 14.2 Å². The second-order valence-electron chi connectivity index (χ2n) is 16.4. The summed E-state index contributed by atoms with van der Waals surface area (Å²) in [6.07, 6.45) is 4.66. The molecule has 3 nitrogen and oxygen atoms in total. The number of hydrogen-bond donors (Lipinski definition) is 0. The van der Waals surface area contributed by atoms with Gasteiger partial charge >= 0.3 is 0 Å². The number of nitrogens with zero attached hydrogens (tertiary/aromatic N) is 2. The Morgan fingerprint density at radius 3 is 1.50 bits per heavy atom. The first-order valence-electron chi connectivity index (χ1n) is 20.8. The van der Waals surface area contributed by atoms with Gasteiger partial charge in [0.05, 0.1) is 11.4 Å². The van der Waals surface area contributed by atoms with Crippen molar-refractivity contribution in [3.63, 3.8) is 0 Å². The number of para-hydroxylation sites is 3. The Kier molecular flexibility index (Phi) is 7.53. The number of furan rings is 1. The third-order valence-corrected chi connectivity index (χ3v) is 13.5. The molecule has 1 saturated carbocycles. The third-order valence-electron chi connectivity index (χ3n) is 13.5. The van der Waals surface area contributed by atoms with Gasteiger partial charge in [-0.1, -0.05) is 121 Å². The lowest BCUT2D eigenvalue weighted by Crippen LogP contribution is -2.34. The average Bonchev–Trinajstić information content (AvgIpc) is 4.02. The van der Waals surface area contributed by atoms with Gasteiger partial charge in [-0.25, -0.2) is 0 Å². The normalized spacial score (nSPS) is 18.8. The fourth-order valence-corrected chi connectivity index (χ4v) is 11.3. The summed E-state index contributed by atoms with van der Waals surface area (Å²) in [6.45, 7) is 0. The summed E-state index contributed by atoms with van der Waals surface area (Å²) >= 11 is 0. The molecule has 3 aliphatic carbocycles. The Morgan fingerprint density at radius 2 is 0.879 bits per heavy atom. The molecule has 1 spiro atoms. The van der Waals surface area contributed by atoms with Crippen molar-refractivity contribution in [2.24, 2.45) is 11.8 Å². The maximum absolute atomic E-state index is 6.56. The van der Waals surface area contributed by atoms with E-state index in [1.54, 1.807) is 0 Å². The molecule has 1 heterocycles. The molecule has 3 atom stereocenters. The molecule has 58 heavy (non-hydrogen) atoms. The van der Waals surface area contributed by atoms with Crippen molar-refractivity contribution >= 4 is 56.1 Å². The minimum atomic E-state index is -0.134. The monoisotopic (exact) mass is 746 g/mol. The highest BCUT2D eigenvalue weighted by Crippen LogP contribution is 2.68. The predicted molar refractivity (Wildman–Crippen MR) is 239 cm³/mol. The van der Waals surface area contributed by atoms with Crippen molar-refractivity contribution in [3.8, 4) is 11.1 Å². The molecule has 9 aromatic rings. The largest absolute Gasteiger partial charge is 0.456 e. The van der Waals surface area contributed by atoms with Crippen LogP contribution in [0.5, 0.6) is 0 Å². The Balaban J connectivity index is 1.10. The second kappa shape index (κ2) is 13.1. The zero-order valence-corrected chi connectivity index (χ0v) is 32.3. The summed E-state index contributed by atoms with van der Waals surface area (Å²) in [6, 6.07) is 71.2. The van der Waals surface area contributed by atoms with Gasteiger partial charge in [-0.2, -0.15) is 0 Å². The van der Waals surface area contributed by atoms with Gasteiger partial charge in [-0.3, -0.25) is 0 Å². The maximum Gasteiger partial charge on any atom is 0.137 e. The van der Waals surface area contributed by atoms with Crippen LogP contribution in [0.25, 0.3) is 33.1 Å². The van der Waals surface area contributed by atoms with E-state index in [1.165, 1.54) is 69.0 Å². The van der Waals surface area contributed by atoms with Crippen LogP contribution in [-0.2, 0) is 18.3 Å². The van der Waals surface area contributed by atoms with Gasteiger partial charge in [0.25, 0.3) is 0 Å². The molecule has 1 fully saturated rings. The molecule has 1 aromatic heterocycles.